The van der Waals surface area contributed by atoms with Crippen molar-refractivity contribution in [2.24, 2.45) is 5.92 Å². The maximum atomic E-state index is 9.05. The van der Waals surface area contributed by atoms with Crippen LogP contribution < -0.4 is 4.74 Å². The number of hydrogen-bond donors (Lipinski definition) is 1. The first-order chi connectivity index (χ1) is 7.79. The second-order valence-corrected chi connectivity index (χ2v) is 5.28. The molecule has 0 saturated heterocycles. The summed E-state index contributed by atoms with van der Waals surface area (Å²) in [6.45, 7) is 0.303. The zero-order valence-electron chi connectivity index (χ0n) is 8.97. The molecular formula is C11H15IN2O2. The quantitative estimate of drug-likeness (QED) is 0.860. The molecule has 0 spiro atoms. The van der Waals surface area contributed by atoms with Crippen LogP contribution in [0, 0.1) is 9.49 Å². The number of nitrogens with zero attached hydrogens (tertiary/aromatic N) is 2. The molecule has 4 nitrogen and oxygen atoms in total. The minimum atomic E-state index is 0.242. The third-order valence-electron chi connectivity index (χ3n) is 2.96. The van der Waals surface area contributed by atoms with E-state index in [0.29, 0.717) is 18.4 Å². The smallest absolute Gasteiger partial charge is 0.230 e. The summed E-state index contributed by atoms with van der Waals surface area (Å²) < 4.78 is 6.79. The third-order valence-corrected chi connectivity index (χ3v) is 3.70. The van der Waals surface area contributed by atoms with Gasteiger partial charge in [0.15, 0.2) is 0 Å². The molecule has 1 N–H and O–H groups in total. The third kappa shape index (κ3) is 3.04. The second-order valence-electron chi connectivity index (χ2n) is 4.12. The highest BCUT2D eigenvalue weighted by Crippen LogP contribution is 2.27. The molecule has 2 rings (SSSR count). The second kappa shape index (κ2) is 5.77. The molecule has 1 aliphatic carbocycles. The van der Waals surface area contributed by atoms with Crippen molar-refractivity contribution >= 4 is 22.6 Å². The first-order valence-corrected chi connectivity index (χ1v) is 6.60. The maximum Gasteiger partial charge on any atom is 0.230 e. The van der Waals surface area contributed by atoms with E-state index in [9.17, 15) is 0 Å². The minimum absolute atomic E-state index is 0.242. The summed E-state index contributed by atoms with van der Waals surface area (Å²) in [5.74, 6) is 1.15. The summed E-state index contributed by atoms with van der Waals surface area (Å²) in [7, 11) is 0. The van der Waals surface area contributed by atoms with E-state index in [2.05, 4.69) is 32.6 Å². The molecule has 5 heteroatoms. The Kier molecular flexibility index (Phi) is 4.34. The van der Waals surface area contributed by atoms with Gasteiger partial charge in [-0.3, -0.25) is 0 Å². The van der Waals surface area contributed by atoms with Crippen LogP contribution in [0.2, 0.25) is 0 Å². The molecule has 0 amide bonds. The van der Waals surface area contributed by atoms with Gasteiger partial charge in [0, 0.05) is 12.8 Å². The van der Waals surface area contributed by atoms with Crippen molar-refractivity contribution < 1.29 is 9.84 Å². The number of halogens is 1. The molecule has 0 radical (unpaired) electrons. The minimum Gasteiger partial charge on any atom is -0.474 e. The topological polar surface area (TPSA) is 55.2 Å². The summed E-state index contributed by atoms with van der Waals surface area (Å²) in [6.07, 6.45) is 7.60. The Hall–Kier alpha value is -0.430. The molecular weight excluding hydrogens is 319 g/mol. The monoisotopic (exact) mass is 334 g/mol. The van der Waals surface area contributed by atoms with Gasteiger partial charge >= 0.3 is 0 Å². The van der Waals surface area contributed by atoms with Crippen LogP contribution in [0.5, 0.6) is 5.88 Å². The van der Waals surface area contributed by atoms with Gasteiger partial charge in [-0.25, -0.2) is 9.97 Å². The van der Waals surface area contributed by atoms with Gasteiger partial charge < -0.3 is 9.84 Å². The van der Waals surface area contributed by atoms with Crippen molar-refractivity contribution in [3.05, 3.63) is 16.1 Å². The first kappa shape index (κ1) is 12.0. The van der Waals surface area contributed by atoms with Crippen LogP contribution in [0.4, 0.5) is 0 Å². The molecule has 0 unspecified atom stereocenters. The zero-order valence-corrected chi connectivity index (χ0v) is 11.1. The van der Waals surface area contributed by atoms with E-state index in [0.717, 1.165) is 29.3 Å². The van der Waals surface area contributed by atoms with Crippen molar-refractivity contribution in [2.45, 2.75) is 31.8 Å². The van der Waals surface area contributed by atoms with Gasteiger partial charge in [-0.15, -0.1) is 0 Å². The van der Waals surface area contributed by atoms with E-state index in [1.807, 2.05) is 0 Å². The number of aliphatic hydroxyl groups is 1. The van der Waals surface area contributed by atoms with Gasteiger partial charge in [0.2, 0.25) is 5.88 Å². The van der Waals surface area contributed by atoms with E-state index >= 15 is 0 Å². The average Bonchev–Trinajstić information content (AvgIpc) is 2.33. The average molecular weight is 334 g/mol. The van der Waals surface area contributed by atoms with E-state index in [1.165, 1.54) is 6.33 Å². The molecule has 16 heavy (non-hydrogen) atoms. The van der Waals surface area contributed by atoms with Gasteiger partial charge in [0.05, 0.1) is 3.57 Å². The van der Waals surface area contributed by atoms with Crippen molar-refractivity contribution in [3.8, 4) is 5.88 Å². The van der Waals surface area contributed by atoms with Gasteiger partial charge in [-0.2, -0.15) is 0 Å². The van der Waals surface area contributed by atoms with Crippen LogP contribution in [0.1, 0.15) is 25.7 Å². The first-order valence-electron chi connectivity index (χ1n) is 5.52. The summed E-state index contributed by atoms with van der Waals surface area (Å²) in [4.78, 5) is 8.05. The fourth-order valence-corrected chi connectivity index (χ4v) is 2.41. The number of hydrogen-bond acceptors (Lipinski definition) is 4. The Morgan fingerprint density at radius 3 is 2.75 bits per heavy atom. The van der Waals surface area contributed by atoms with Crippen LogP contribution in [0.3, 0.4) is 0 Å². The van der Waals surface area contributed by atoms with Gasteiger partial charge in [0.25, 0.3) is 0 Å². The van der Waals surface area contributed by atoms with Crippen LogP contribution in [-0.2, 0) is 0 Å². The molecule has 1 heterocycles. The number of aromatic nitrogens is 2. The summed E-state index contributed by atoms with van der Waals surface area (Å²) >= 11 is 2.18. The fourth-order valence-electron chi connectivity index (χ4n) is 1.98. The van der Waals surface area contributed by atoms with E-state index < -0.39 is 0 Å². The highest BCUT2D eigenvalue weighted by atomic mass is 127. The molecule has 1 aromatic rings. The number of ether oxygens (including phenoxy) is 1. The Morgan fingerprint density at radius 2 is 2.12 bits per heavy atom. The zero-order chi connectivity index (χ0) is 11.4. The van der Waals surface area contributed by atoms with E-state index in [4.69, 9.17) is 9.84 Å². The van der Waals surface area contributed by atoms with Crippen LogP contribution >= 0.6 is 22.6 Å². The molecule has 0 bridgehead atoms. The lowest BCUT2D eigenvalue weighted by Gasteiger charge is -2.27. The largest absolute Gasteiger partial charge is 0.474 e. The molecule has 0 atom stereocenters. The highest BCUT2D eigenvalue weighted by Gasteiger charge is 2.22. The lowest BCUT2D eigenvalue weighted by Crippen LogP contribution is -2.26. The normalized spacial score (nSPS) is 25.4. The summed E-state index contributed by atoms with van der Waals surface area (Å²) in [5.41, 5.74) is 0. The molecule has 1 aromatic heterocycles. The van der Waals surface area contributed by atoms with E-state index in [-0.39, 0.29) is 6.10 Å². The van der Waals surface area contributed by atoms with Gasteiger partial charge in [-0.05, 0) is 54.2 Å². The molecule has 1 aliphatic rings. The molecule has 1 fully saturated rings. The van der Waals surface area contributed by atoms with Gasteiger partial charge in [0.1, 0.15) is 12.4 Å². The van der Waals surface area contributed by atoms with Crippen molar-refractivity contribution in [1.29, 1.82) is 0 Å². The predicted molar refractivity (Wildman–Crippen MR) is 68.2 cm³/mol. The van der Waals surface area contributed by atoms with Crippen molar-refractivity contribution in [3.63, 3.8) is 0 Å². The Balaban J connectivity index is 1.89. The van der Waals surface area contributed by atoms with E-state index in [1.54, 1.807) is 6.20 Å². The van der Waals surface area contributed by atoms with Crippen LogP contribution in [0.15, 0.2) is 12.5 Å². The summed E-state index contributed by atoms with van der Waals surface area (Å²) in [6, 6.07) is 0. The maximum absolute atomic E-state index is 9.05. The Labute approximate surface area is 109 Å². The lowest BCUT2D eigenvalue weighted by atomic mass is 9.88. The molecule has 1 saturated carbocycles. The number of aliphatic hydroxyl groups excluding tert-OH is 1. The fraction of sp³-hybridized carbons (Fsp3) is 0.636. The SMILES string of the molecule is OCC1CCC(Oc2ncncc2I)CC1. The van der Waals surface area contributed by atoms with Crippen molar-refractivity contribution in [2.75, 3.05) is 6.61 Å². The lowest BCUT2D eigenvalue weighted by molar-refractivity contribution is 0.0996. The standard InChI is InChI=1S/C11H15IN2O2/c12-10-5-13-7-14-11(10)16-9-3-1-8(6-15)2-4-9/h5,7-9,15H,1-4,6H2. The predicted octanol–water partition coefficient (Wildman–Crippen LogP) is 2.01. The number of rotatable bonds is 3. The van der Waals surface area contributed by atoms with Crippen LogP contribution in [0.25, 0.3) is 0 Å². The summed E-state index contributed by atoms with van der Waals surface area (Å²) in [5, 5.41) is 9.05. The Bertz CT molecular complexity index is 341. The Morgan fingerprint density at radius 1 is 1.38 bits per heavy atom. The molecule has 88 valence electrons. The highest BCUT2D eigenvalue weighted by molar-refractivity contribution is 14.1. The van der Waals surface area contributed by atoms with Gasteiger partial charge in [-0.1, -0.05) is 0 Å². The molecule has 0 aliphatic heterocycles. The molecule has 0 aromatic carbocycles. The van der Waals surface area contributed by atoms with Crippen molar-refractivity contribution in [1.82, 2.24) is 9.97 Å². The van der Waals surface area contributed by atoms with Crippen LogP contribution in [-0.4, -0.2) is 27.8 Å².